The number of nitrogens with zero attached hydrogens (tertiary/aromatic N) is 2. The fourth-order valence-electron chi connectivity index (χ4n) is 2.38. The van der Waals surface area contributed by atoms with Crippen molar-refractivity contribution in [2.24, 2.45) is 0 Å². The quantitative estimate of drug-likeness (QED) is 0.847. The van der Waals surface area contributed by atoms with Crippen LogP contribution in [0.25, 0.3) is 11.1 Å². The van der Waals surface area contributed by atoms with Crippen molar-refractivity contribution in [3.8, 4) is 16.9 Å². The number of hydrogen-bond acceptors (Lipinski definition) is 3. The third-order valence-corrected chi connectivity index (χ3v) is 3.46. The van der Waals surface area contributed by atoms with Gasteiger partial charge < -0.3 is 9.47 Å². The Kier molecular flexibility index (Phi) is 3.51. The molecule has 0 N–H and O–H groups in total. The Hall–Kier alpha value is -1.81. The summed E-state index contributed by atoms with van der Waals surface area (Å²) in [6, 6.07) is 8.01. The molecule has 2 aromatic rings. The Balaban J connectivity index is 1.83. The Morgan fingerprint density at radius 1 is 1.32 bits per heavy atom. The van der Waals surface area contributed by atoms with Crippen LogP contribution in [0, 0.1) is 0 Å². The Labute approximate surface area is 113 Å². The van der Waals surface area contributed by atoms with Crippen LogP contribution in [0.15, 0.2) is 36.7 Å². The summed E-state index contributed by atoms with van der Waals surface area (Å²) in [5.74, 6) is 0.860. The van der Waals surface area contributed by atoms with E-state index in [0.717, 1.165) is 36.3 Å². The van der Waals surface area contributed by atoms with Crippen LogP contribution in [0.3, 0.4) is 0 Å². The third-order valence-electron chi connectivity index (χ3n) is 3.46. The molecule has 0 spiro atoms. The smallest absolute Gasteiger partial charge is 0.150 e. The number of rotatable bonds is 3. The second-order valence-corrected chi connectivity index (χ2v) is 4.76. The largest absolute Gasteiger partial charge is 0.497 e. The van der Waals surface area contributed by atoms with Crippen molar-refractivity contribution in [2.45, 2.75) is 25.5 Å². The number of methoxy groups -OCH3 is 1. The molecule has 3 rings (SSSR count). The monoisotopic (exact) mass is 258 g/mol. The number of benzene rings is 1. The van der Waals surface area contributed by atoms with E-state index in [-0.39, 0.29) is 6.23 Å². The summed E-state index contributed by atoms with van der Waals surface area (Å²) in [7, 11) is 1.68. The molecule has 0 radical (unpaired) electrons. The molecule has 0 bridgehead atoms. The van der Waals surface area contributed by atoms with Gasteiger partial charge in [-0.15, -0.1) is 0 Å². The van der Waals surface area contributed by atoms with Gasteiger partial charge in [-0.1, -0.05) is 12.1 Å². The highest BCUT2D eigenvalue weighted by Crippen LogP contribution is 2.27. The van der Waals surface area contributed by atoms with Crippen molar-refractivity contribution < 1.29 is 9.47 Å². The minimum atomic E-state index is 0.0908. The first-order chi connectivity index (χ1) is 9.36. The number of aromatic nitrogens is 2. The highest BCUT2D eigenvalue weighted by Gasteiger charge is 2.16. The zero-order valence-corrected chi connectivity index (χ0v) is 11.1. The van der Waals surface area contributed by atoms with Crippen LogP contribution in [0.1, 0.15) is 25.5 Å². The van der Waals surface area contributed by atoms with Crippen LogP contribution < -0.4 is 4.74 Å². The summed E-state index contributed by atoms with van der Waals surface area (Å²) in [4.78, 5) is 0. The first-order valence-electron chi connectivity index (χ1n) is 6.67. The van der Waals surface area contributed by atoms with E-state index in [9.17, 15) is 0 Å². The molecule has 4 nitrogen and oxygen atoms in total. The second-order valence-electron chi connectivity index (χ2n) is 4.76. The van der Waals surface area contributed by atoms with Crippen LogP contribution in [-0.2, 0) is 4.74 Å². The Bertz CT molecular complexity index is 545. The molecular formula is C15H18N2O2. The van der Waals surface area contributed by atoms with Gasteiger partial charge in [0.05, 0.1) is 13.3 Å². The van der Waals surface area contributed by atoms with Gasteiger partial charge in [-0.25, -0.2) is 4.68 Å². The number of hydrogen-bond donors (Lipinski definition) is 0. The van der Waals surface area contributed by atoms with Gasteiger partial charge in [-0.2, -0.15) is 5.10 Å². The van der Waals surface area contributed by atoms with Gasteiger partial charge in [-0.05, 0) is 37.0 Å². The normalized spacial score (nSPS) is 19.3. The summed E-state index contributed by atoms with van der Waals surface area (Å²) in [5, 5.41) is 4.42. The number of ether oxygens (including phenoxy) is 2. The van der Waals surface area contributed by atoms with Gasteiger partial charge in [0.1, 0.15) is 12.0 Å². The molecule has 1 aromatic carbocycles. The molecule has 0 aliphatic carbocycles. The molecule has 19 heavy (non-hydrogen) atoms. The van der Waals surface area contributed by atoms with Crippen LogP contribution >= 0.6 is 0 Å². The van der Waals surface area contributed by atoms with Gasteiger partial charge in [-0.3, -0.25) is 0 Å². The van der Waals surface area contributed by atoms with Crippen LogP contribution in [0.5, 0.6) is 5.75 Å². The molecule has 1 fully saturated rings. The standard InChI is InChI=1S/C15H18N2O2/c1-18-14-6-4-5-12(9-14)13-10-16-17(11-13)15-7-2-3-8-19-15/h4-6,9-11,15H,2-3,7-8H2,1H3. The summed E-state index contributed by atoms with van der Waals surface area (Å²) in [5.41, 5.74) is 2.20. The van der Waals surface area contributed by atoms with Gasteiger partial charge in [0.2, 0.25) is 0 Å². The zero-order chi connectivity index (χ0) is 13.1. The lowest BCUT2D eigenvalue weighted by atomic mass is 10.1. The van der Waals surface area contributed by atoms with E-state index in [0.29, 0.717) is 0 Å². The Morgan fingerprint density at radius 3 is 3.05 bits per heavy atom. The molecule has 1 aromatic heterocycles. The molecule has 0 saturated carbocycles. The molecule has 1 saturated heterocycles. The van der Waals surface area contributed by atoms with E-state index in [1.54, 1.807) is 7.11 Å². The molecule has 1 atom stereocenters. The van der Waals surface area contributed by atoms with Crippen LogP contribution in [-0.4, -0.2) is 23.5 Å². The van der Waals surface area contributed by atoms with E-state index < -0.39 is 0 Å². The van der Waals surface area contributed by atoms with E-state index in [1.165, 1.54) is 6.42 Å². The fourth-order valence-corrected chi connectivity index (χ4v) is 2.38. The first kappa shape index (κ1) is 12.2. The van der Waals surface area contributed by atoms with E-state index in [4.69, 9.17) is 9.47 Å². The molecule has 1 unspecified atom stereocenters. The van der Waals surface area contributed by atoms with Crippen molar-refractivity contribution in [1.82, 2.24) is 9.78 Å². The van der Waals surface area contributed by atoms with Gasteiger partial charge in [0.15, 0.2) is 0 Å². The summed E-state index contributed by atoms with van der Waals surface area (Å²) in [6.07, 6.45) is 7.42. The van der Waals surface area contributed by atoms with E-state index in [2.05, 4.69) is 11.2 Å². The summed E-state index contributed by atoms with van der Waals surface area (Å²) in [6.45, 7) is 0.832. The van der Waals surface area contributed by atoms with Gasteiger partial charge in [0, 0.05) is 18.4 Å². The highest BCUT2D eigenvalue weighted by molar-refractivity contribution is 5.63. The molecule has 100 valence electrons. The molecule has 2 heterocycles. The van der Waals surface area contributed by atoms with Crippen molar-refractivity contribution in [1.29, 1.82) is 0 Å². The molecule has 0 amide bonds. The maximum atomic E-state index is 5.73. The van der Waals surface area contributed by atoms with Crippen molar-refractivity contribution in [3.05, 3.63) is 36.7 Å². The van der Waals surface area contributed by atoms with Crippen LogP contribution in [0.4, 0.5) is 0 Å². The maximum absolute atomic E-state index is 5.73. The van der Waals surface area contributed by atoms with Crippen molar-refractivity contribution >= 4 is 0 Å². The average molecular weight is 258 g/mol. The predicted molar refractivity (Wildman–Crippen MR) is 73.1 cm³/mol. The highest BCUT2D eigenvalue weighted by atomic mass is 16.5. The van der Waals surface area contributed by atoms with Gasteiger partial charge >= 0.3 is 0 Å². The topological polar surface area (TPSA) is 36.3 Å². The lowest BCUT2D eigenvalue weighted by Gasteiger charge is -2.22. The minimum absolute atomic E-state index is 0.0908. The molecule has 1 aliphatic heterocycles. The molecule has 4 heteroatoms. The fraction of sp³-hybridized carbons (Fsp3) is 0.400. The SMILES string of the molecule is COc1cccc(-c2cnn(C3CCCCO3)c2)c1. The predicted octanol–water partition coefficient (Wildman–Crippen LogP) is 3.26. The lowest BCUT2D eigenvalue weighted by Crippen LogP contribution is -2.18. The summed E-state index contributed by atoms with van der Waals surface area (Å²) >= 11 is 0. The minimum Gasteiger partial charge on any atom is -0.497 e. The lowest BCUT2D eigenvalue weighted by molar-refractivity contribution is -0.0394. The van der Waals surface area contributed by atoms with Gasteiger partial charge in [0.25, 0.3) is 0 Å². The second kappa shape index (κ2) is 5.45. The molecular weight excluding hydrogens is 240 g/mol. The van der Waals surface area contributed by atoms with Crippen molar-refractivity contribution in [3.63, 3.8) is 0 Å². The Morgan fingerprint density at radius 2 is 2.26 bits per heavy atom. The first-order valence-corrected chi connectivity index (χ1v) is 6.67. The molecule has 1 aliphatic rings. The van der Waals surface area contributed by atoms with Crippen LogP contribution in [0.2, 0.25) is 0 Å². The van der Waals surface area contributed by atoms with E-state index >= 15 is 0 Å². The zero-order valence-electron chi connectivity index (χ0n) is 11.1. The summed E-state index contributed by atoms with van der Waals surface area (Å²) < 4.78 is 12.9. The van der Waals surface area contributed by atoms with E-state index in [1.807, 2.05) is 35.3 Å². The average Bonchev–Trinajstić information content (AvgIpc) is 2.98. The maximum Gasteiger partial charge on any atom is 0.150 e. The van der Waals surface area contributed by atoms with Crippen molar-refractivity contribution in [2.75, 3.05) is 13.7 Å². The third kappa shape index (κ3) is 2.63.